The van der Waals surface area contributed by atoms with Gasteiger partial charge in [0.1, 0.15) is 5.82 Å². The number of rotatable bonds is 4. The average Bonchev–Trinajstić information content (AvgIpc) is 2.88. The van der Waals surface area contributed by atoms with E-state index < -0.39 is 5.91 Å². The molecule has 0 unspecified atom stereocenters. The summed E-state index contributed by atoms with van der Waals surface area (Å²) in [5.74, 6) is -0.0394. The lowest BCUT2D eigenvalue weighted by Crippen LogP contribution is -2.38. The molecule has 1 aromatic carbocycles. The molecule has 0 fully saturated rings. The minimum atomic E-state index is -0.422. The van der Waals surface area contributed by atoms with Crippen LogP contribution in [0.5, 0.6) is 0 Å². The number of hydrogen-bond donors (Lipinski definition) is 0. The topological polar surface area (TPSA) is 71.3 Å². The second-order valence-electron chi connectivity index (χ2n) is 5.30. The third-order valence-electron chi connectivity index (χ3n) is 3.26. The molecule has 0 spiro atoms. The summed E-state index contributed by atoms with van der Waals surface area (Å²) >= 11 is 6.15. The Morgan fingerprint density at radius 3 is 2.48 bits per heavy atom. The predicted octanol–water partition coefficient (Wildman–Crippen LogP) is 1.39. The van der Waals surface area contributed by atoms with Crippen LogP contribution in [0.3, 0.4) is 0 Å². The number of amides is 2. The molecular formula is C15H18ClN5O2. The van der Waals surface area contributed by atoms with Crippen molar-refractivity contribution in [1.29, 1.82) is 0 Å². The van der Waals surface area contributed by atoms with E-state index in [4.69, 9.17) is 11.6 Å². The van der Waals surface area contributed by atoms with Gasteiger partial charge in [0.15, 0.2) is 0 Å². The highest BCUT2D eigenvalue weighted by Crippen LogP contribution is 2.20. The van der Waals surface area contributed by atoms with Gasteiger partial charge in [-0.25, -0.2) is 9.67 Å². The molecule has 2 amide bonds. The third-order valence-corrected chi connectivity index (χ3v) is 3.58. The molecule has 0 N–H and O–H groups in total. The molecule has 0 aliphatic heterocycles. The monoisotopic (exact) mass is 335 g/mol. The van der Waals surface area contributed by atoms with E-state index in [0.29, 0.717) is 16.5 Å². The van der Waals surface area contributed by atoms with Crippen LogP contribution in [0.25, 0.3) is 5.69 Å². The molecule has 23 heavy (non-hydrogen) atoms. The normalized spacial score (nSPS) is 10.5. The fraction of sp³-hybridized carbons (Fsp3) is 0.333. The quantitative estimate of drug-likeness (QED) is 0.846. The lowest BCUT2D eigenvalue weighted by molar-refractivity contribution is -0.129. The zero-order valence-corrected chi connectivity index (χ0v) is 14.2. The van der Waals surface area contributed by atoms with Crippen LogP contribution in [0.2, 0.25) is 5.02 Å². The largest absolute Gasteiger partial charge is 0.347 e. The van der Waals surface area contributed by atoms with E-state index >= 15 is 0 Å². The molecule has 0 saturated carbocycles. The Bertz CT molecular complexity index is 741. The first kappa shape index (κ1) is 17.0. The van der Waals surface area contributed by atoms with Gasteiger partial charge < -0.3 is 9.80 Å². The van der Waals surface area contributed by atoms with Crippen molar-refractivity contribution in [2.75, 3.05) is 27.7 Å². The summed E-state index contributed by atoms with van der Waals surface area (Å²) in [7, 11) is 4.81. The SMILES string of the molecule is Cc1nc(C(=O)N(C)CC(=O)N(C)C)nn1-c1ccccc1Cl. The Morgan fingerprint density at radius 1 is 1.22 bits per heavy atom. The highest BCUT2D eigenvalue weighted by molar-refractivity contribution is 6.32. The van der Waals surface area contributed by atoms with Gasteiger partial charge in [-0.05, 0) is 19.1 Å². The van der Waals surface area contributed by atoms with Crippen molar-refractivity contribution in [3.63, 3.8) is 0 Å². The molecule has 0 radical (unpaired) electrons. The number of likely N-dealkylation sites (N-methyl/N-ethyl adjacent to an activating group) is 2. The number of nitrogens with zero attached hydrogens (tertiary/aromatic N) is 5. The fourth-order valence-electron chi connectivity index (χ4n) is 1.92. The van der Waals surface area contributed by atoms with Gasteiger partial charge in [0, 0.05) is 21.1 Å². The summed E-state index contributed by atoms with van der Waals surface area (Å²) in [6.07, 6.45) is 0. The number of aromatic nitrogens is 3. The van der Waals surface area contributed by atoms with Crippen LogP contribution in [0.1, 0.15) is 16.4 Å². The molecule has 0 aliphatic rings. The number of para-hydroxylation sites is 1. The molecule has 0 bridgehead atoms. The van der Waals surface area contributed by atoms with E-state index in [0.717, 1.165) is 0 Å². The highest BCUT2D eigenvalue weighted by Gasteiger charge is 2.21. The Kier molecular flexibility index (Phi) is 5.00. The van der Waals surface area contributed by atoms with Crippen LogP contribution in [-0.4, -0.2) is 64.1 Å². The Labute approximate surface area is 139 Å². The van der Waals surface area contributed by atoms with Crippen LogP contribution < -0.4 is 0 Å². The standard InChI is InChI=1S/C15H18ClN5O2/c1-10-17-14(15(23)20(4)9-13(22)19(2)3)18-21(10)12-8-6-5-7-11(12)16/h5-8H,9H2,1-4H3. The molecule has 1 heterocycles. The maximum atomic E-state index is 12.4. The summed E-state index contributed by atoms with van der Waals surface area (Å²) in [5.41, 5.74) is 0.644. The average molecular weight is 336 g/mol. The highest BCUT2D eigenvalue weighted by atomic mass is 35.5. The molecule has 0 atom stereocenters. The number of carbonyl (C=O) groups excluding carboxylic acids is 2. The number of carbonyl (C=O) groups is 2. The molecule has 2 aromatic rings. The lowest BCUT2D eigenvalue weighted by Gasteiger charge is -2.17. The summed E-state index contributed by atoms with van der Waals surface area (Å²) in [5, 5.41) is 4.73. The summed E-state index contributed by atoms with van der Waals surface area (Å²) < 4.78 is 1.51. The molecule has 1 aromatic heterocycles. The molecular weight excluding hydrogens is 318 g/mol. The lowest BCUT2D eigenvalue weighted by atomic mass is 10.3. The van der Waals surface area contributed by atoms with Crippen molar-refractivity contribution < 1.29 is 9.59 Å². The predicted molar refractivity (Wildman–Crippen MR) is 86.8 cm³/mol. The number of halogens is 1. The minimum absolute atomic E-state index is 0.0245. The number of aryl methyl sites for hydroxylation is 1. The van der Waals surface area contributed by atoms with E-state index in [-0.39, 0.29) is 18.3 Å². The van der Waals surface area contributed by atoms with Gasteiger partial charge in [-0.3, -0.25) is 9.59 Å². The second-order valence-corrected chi connectivity index (χ2v) is 5.70. The van der Waals surface area contributed by atoms with E-state index in [2.05, 4.69) is 10.1 Å². The molecule has 2 rings (SSSR count). The maximum absolute atomic E-state index is 12.4. The van der Waals surface area contributed by atoms with Crippen molar-refractivity contribution in [3.8, 4) is 5.69 Å². The van der Waals surface area contributed by atoms with Gasteiger partial charge in [0.2, 0.25) is 11.7 Å². The van der Waals surface area contributed by atoms with Crippen LogP contribution in [0.15, 0.2) is 24.3 Å². The first-order chi connectivity index (χ1) is 10.8. The van der Waals surface area contributed by atoms with Crippen LogP contribution in [0, 0.1) is 6.92 Å². The Hall–Kier alpha value is -2.41. The molecule has 0 saturated heterocycles. The minimum Gasteiger partial charge on any atom is -0.347 e. The van der Waals surface area contributed by atoms with Gasteiger partial charge in [-0.15, -0.1) is 5.10 Å². The first-order valence-corrected chi connectivity index (χ1v) is 7.33. The van der Waals surface area contributed by atoms with Crippen LogP contribution in [0.4, 0.5) is 0 Å². The smallest absolute Gasteiger partial charge is 0.293 e. The molecule has 7 nitrogen and oxygen atoms in total. The van der Waals surface area contributed by atoms with Gasteiger partial charge in [-0.2, -0.15) is 0 Å². The Morgan fingerprint density at radius 2 is 1.87 bits per heavy atom. The second kappa shape index (κ2) is 6.78. The summed E-state index contributed by atoms with van der Waals surface area (Å²) in [4.78, 5) is 30.9. The summed E-state index contributed by atoms with van der Waals surface area (Å²) in [6, 6.07) is 7.16. The molecule has 122 valence electrons. The van der Waals surface area contributed by atoms with Crippen LogP contribution in [-0.2, 0) is 4.79 Å². The van der Waals surface area contributed by atoms with E-state index in [1.54, 1.807) is 33.2 Å². The van der Waals surface area contributed by atoms with Gasteiger partial charge in [0.25, 0.3) is 5.91 Å². The maximum Gasteiger partial charge on any atom is 0.293 e. The zero-order valence-electron chi connectivity index (χ0n) is 13.4. The van der Waals surface area contributed by atoms with E-state index in [9.17, 15) is 9.59 Å². The molecule has 0 aliphatic carbocycles. The number of benzene rings is 1. The molecule has 8 heteroatoms. The Balaban J connectivity index is 2.25. The van der Waals surface area contributed by atoms with Crippen molar-refractivity contribution >= 4 is 23.4 Å². The summed E-state index contributed by atoms with van der Waals surface area (Å²) in [6.45, 7) is 1.70. The van der Waals surface area contributed by atoms with E-state index in [1.807, 2.05) is 12.1 Å². The van der Waals surface area contributed by atoms with Gasteiger partial charge in [0.05, 0.1) is 17.3 Å². The fourth-order valence-corrected chi connectivity index (χ4v) is 2.13. The van der Waals surface area contributed by atoms with E-state index in [1.165, 1.54) is 21.5 Å². The van der Waals surface area contributed by atoms with Gasteiger partial charge in [-0.1, -0.05) is 23.7 Å². The van der Waals surface area contributed by atoms with Crippen LogP contribution >= 0.6 is 11.6 Å². The third kappa shape index (κ3) is 3.68. The van der Waals surface area contributed by atoms with Gasteiger partial charge >= 0.3 is 0 Å². The van der Waals surface area contributed by atoms with Crippen molar-refractivity contribution in [3.05, 3.63) is 40.9 Å². The van der Waals surface area contributed by atoms with Crippen molar-refractivity contribution in [2.24, 2.45) is 0 Å². The zero-order chi connectivity index (χ0) is 17.1. The van der Waals surface area contributed by atoms with Crippen molar-refractivity contribution in [2.45, 2.75) is 6.92 Å². The number of hydrogen-bond acceptors (Lipinski definition) is 4. The first-order valence-electron chi connectivity index (χ1n) is 6.95. The van der Waals surface area contributed by atoms with Crippen molar-refractivity contribution in [1.82, 2.24) is 24.6 Å².